The predicted octanol–water partition coefficient (Wildman–Crippen LogP) is 0.709. The fourth-order valence-electron chi connectivity index (χ4n) is 2.40. The Morgan fingerprint density at radius 2 is 2.42 bits per heavy atom. The maximum atomic E-state index is 10.9. The summed E-state index contributed by atoms with van der Waals surface area (Å²) in [5.41, 5.74) is 0. The van der Waals surface area contributed by atoms with Crippen LogP contribution in [-0.4, -0.2) is 23.3 Å². The van der Waals surface area contributed by atoms with Gasteiger partial charge in [-0.3, -0.25) is 4.79 Å². The molecule has 0 radical (unpaired) electrons. The van der Waals surface area contributed by atoms with Gasteiger partial charge in [0, 0.05) is 5.92 Å². The quantitative estimate of drug-likeness (QED) is 0.589. The molecule has 1 saturated carbocycles. The first-order chi connectivity index (χ1) is 5.72. The SMILES string of the molecule is CC[C@@H]1C[C@@H]2CC(=O)O[C@@H]2[C@@H]1O. The Hall–Kier alpha value is -0.570. The third-order valence-corrected chi connectivity index (χ3v) is 3.11. The molecule has 0 aromatic carbocycles. The second kappa shape index (κ2) is 2.73. The van der Waals surface area contributed by atoms with Crippen molar-refractivity contribution in [2.24, 2.45) is 11.8 Å². The molecule has 68 valence electrons. The van der Waals surface area contributed by atoms with E-state index in [1.54, 1.807) is 0 Å². The second-order valence-electron chi connectivity index (χ2n) is 3.81. The fraction of sp³-hybridized carbons (Fsp3) is 0.889. The van der Waals surface area contributed by atoms with E-state index in [4.69, 9.17) is 4.74 Å². The first-order valence-electron chi connectivity index (χ1n) is 4.60. The number of aliphatic hydroxyl groups excluding tert-OH is 1. The minimum absolute atomic E-state index is 0.140. The Labute approximate surface area is 71.7 Å². The van der Waals surface area contributed by atoms with Gasteiger partial charge in [-0.2, -0.15) is 0 Å². The normalized spacial score (nSPS) is 46.0. The van der Waals surface area contributed by atoms with Crippen LogP contribution in [0.1, 0.15) is 26.2 Å². The summed E-state index contributed by atoms with van der Waals surface area (Å²) in [6.45, 7) is 2.07. The molecule has 1 aliphatic heterocycles. The van der Waals surface area contributed by atoms with Gasteiger partial charge in [-0.1, -0.05) is 13.3 Å². The Kier molecular flexibility index (Phi) is 1.83. The van der Waals surface area contributed by atoms with Crippen molar-refractivity contribution in [3.8, 4) is 0 Å². The summed E-state index contributed by atoms with van der Waals surface area (Å²) in [6, 6.07) is 0. The summed E-state index contributed by atoms with van der Waals surface area (Å²) >= 11 is 0. The van der Waals surface area contributed by atoms with Crippen molar-refractivity contribution < 1.29 is 14.6 Å². The lowest BCUT2D eigenvalue weighted by molar-refractivity contribution is -0.145. The molecular formula is C9H14O3. The summed E-state index contributed by atoms with van der Waals surface area (Å²) < 4.78 is 5.04. The fourth-order valence-corrected chi connectivity index (χ4v) is 2.40. The van der Waals surface area contributed by atoms with Crippen molar-refractivity contribution in [1.82, 2.24) is 0 Å². The van der Waals surface area contributed by atoms with Crippen LogP contribution in [0.2, 0.25) is 0 Å². The van der Waals surface area contributed by atoms with Gasteiger partial charge >= 0.3 is 5.97 Å². The molecule has 2 fully saturated rings. The highest BCUT2D eigenvalue weighted by Crippen LogP contribution is 2.41. The zero-order chi connectivity index (χ0) is 8.72. The number of esters is 1. The highest BCUT2D eigenvalue weighted by Gasteiger charge is 2.48. The molecular weight excluding hydrogens is 156 g/mol. The molecule has 0 aromatic heterocycles. The van der Waals surface area contributed by atoms with Crippen LogP contribution in [0.15, 0.2) is 0 Å². The van der Waals surface area contributed by atoms with E-state index in [1.807, 2.05) is 0 Å². The van der Waals surface area contributed by atoms with Crippen LogP contribution in [0.5, 0.6) is 0 Å². The lowest BCUT2D eigenvalue weighted by Gasteiger charge is -2.16. The van der Waals surface area contributed by atoms with Crippen molar-refractivity contribution in [1.29, 1.82) is 0 Å². The van der Waals surface area contributed by atoms with Gasteiger partial charge in [-0.05, 0) is 12.3 Å². The van der Waals surface area contributed by atoms with E-state index in [-0.39, 0.29) is 18.0 Å². The van der Waals surface area contributed by atoms with E-state index in [0.717, 1.165) is 12.8 Å². The Balaban J connectivity index is 2.08. The minimum atomic E-state index is -0.411. The topological polar surface area (TPSA) is 46.5 Å². The molecule has 1 N–H and O–H groups in total. The summed E-state index contributed by atoms with van der Waals surface area (Å²) in [4.78, 5) is 10.9. The number of carbonyl (C=O) groups excluding carboxylic acids is 1. The van der Waals surface area contributed by atoms with Gasteiger partial charge in [0.1, 0.15) is 6.10 Å². The average Bonchev–Trinajstić information content (AvgIpc) is 2.51. The monoisotopic (exact) mass is 170 g/mol. The van der Waals surface area contributed by atoms with Gasteiger partial charge < -0.3 is 9.84 Å². The van der Waals surface area contributed by atoms with E-state index in [0.29, 0.717) is 12.3 Å². The number of ether oxygens (including phenoxy) is 1. The number of aliphatic hydroxyl groups is 1. The van der Waals surface area contributed by atoms with E-state index in [1.165, 1.54) is 0 Å². The van der Waals surface area contributed by atoms with Gasteiger partial charge in [-0.15, -0.1) is 0 Å². The zero-order valence-electron chi connectivity index (χ0n) is 7.19. The van der Waals surface area contributed by atoms with Gasteiger partial charge in [-0.25, -0.2) is 0 Å². The molecule has 0 aromatic rings. The van der Waals surface area contributed by atoms with Crippen LogP contribution < -0.4 is 0 Å². The van der Waals surface area contributed by atoms with E-state index >= 15 is 0 Å². The maximum absolute atomic E-state index is 10.9. The molecule has 3 heteroatoms. The molecule has 0 amide bonds. The highest BCUT2D eigenvalue weighted by atomic mass is 16.6. The predicted molar refractivity (Wildman–Crippen MR) is 42.4 cm³/mol. The van der Waals surface area contributed by atoms with E-state index in [2.05, 4.69) is 6.92 Å². The standard InChI is InChI=1S/C9H14O3/c1-2-5-3-6-4-7(10)12-9(6)8(5)11/h5-6,8-9,11H,2-4H2,1H3/t5-,6-,8-,9+/m1/s1. The number of hydrogen-bond acceptors (Lipinski definition) is 3. The Morgan fingerprint density at radius 1 is 1.67 bits per heavy atom. The van der Waals surface area contributed by atoms with Crippen LogP contribution in [-0.2, 0) is 9.53 Å². The molecule has 0 unspecified atom stereocenters. The molecule has 2 rings (SSSR count). The lowest BCUT2D eigenvalue weighted by atomic mass is 10.0. The summed E-state index contributed by atoms with van der Waals surface area (Å²) in [6.07, 6.45) is 1.84. The Morgan fingerprint density at radius 3 is 3.00 bits per heavy atom. The number of fused-ring (bicyclic) bond motifs is 1. The van der Waals surface area contributed by atoms with Crippen LogP contribution >= 0.6 is 0 Å². The van der Waals surface area contributed by atoms with Crippen molar-refractivity contribution in [3.63, 3.8) is 0 Å². The minimum Gasteiger partial charge on any atom is -0.459 e. The molecule has 4 atom stereocenters. The molecule has 1 aliphatic carbocycles. The molecule has 12 heavy (non-hydrogen) atoms. The lowest BCUT2D eigenvalue weighted by Crippen LogP contribution is -2.27. The summed E-state index contributed by atoms with van der Waals surface area (Å²) in [5.74, 6) is 0.490. The van der Waals surface area contributed by atoms with E-state index in [9.17, 15) is 9.90 Å². The van der Waals surface area contributed by atoms with Crippen LogP contribution in [0.25, 0.3) is 0 Å². The van der Waals surface area contributed by atoms with Crippen LogP contribution in [0.4, 0.5) is 0 Å². The van der Waals surface area contributed by atoms with Gasteiger partial charge in [0.15, 0.2) is 0 Å². The molecule has 1 saturated heterocycles. The number of rotatable bonds is 1. The number of hydrogen-bond donors (Lipinski definition) is 1. The average molecular weight is 170 g/mol. The summed E-state index contributed by atoms with van der Waals surface area (Å²) in [5, 5.41) is 9.70. The van der Waals surface area contributed by atoms with Crippen LogP contribution in [0, 0.1) is 11.8 Å². The second-order valence-corrected chi connectivity index (χ2v) is 3.81. The zero-order valence-corrected chi connectivity index (χ0v) is 7.19. The first kappa shape index (κ1) is 8.05. The highest BCUT2D eigenvalue weighted by molar-refractivity contribution is 5.72. The smallest absolute Gasteiger partial charge is 0.306 e. The third kappa shape index (κ3) is 1.04. The first-order valence-corrected chi connectivity index (χ1v) is 4.60. The van der Waals surface area contributed by atoms with E-state index < -0.39 is 6.10 Å². The van der Waals surface area contributed by atoms with Gasteiger partial charge in [0.25, 0.3) is 0 Å². The van der Waals surface area contributed by atoms with Gasteiger partial charge in [0.05, 0.1) is 12.5 Å². The number of carbonyl (C=O) groups is 1. The molecule has 0 bridgehead atoms. The van der Waals surface area contributed by atoms with Gasteiger partial charge in [0.2, 0.25) is 0 Å². The van der Waals surface area contributed by atoms with Crippen molar-refractivity contribution >= 4 is 5.97 Å². The molecule has 1 heterocycles. The third-order valence-electron chi connectivity index (χ3n) is 3.11. The summed E-state index contributed by atoms with van der Waals surface area (Å²) in [7, 11) is 0. The van der Waals surface area contributed by atoms with Crippen molar-refractivity contribution in [2.75, 3.05) is 0 Å². The Bertz CT molecular complexity index is 202. The van der Waals surface area contributed by atoms with Crippen LogP contribution in [0.3, 0.4) is 0 Å². The molecule has 2 aliphatic rings. The van der Waals surface area contributed by atoms with Crippen molar-refractivity contribution in [3.05, 3.63) is 0 Å². The molecule has 0 spiro atoms. The van der Waals surface area contributed by atoms with Crippen molar-refractivity contribution in [2.45, 2.75) is 38.4 Å². The largest absolute Gasteiger partial charge is 0.459 e. The molecule has 3 nitrogen and oxygen atoms in total. The maximum Gasteiger partial charge on any atom is 0.306 e.